The van der Waals surface area contributed by atoms with Crippen molar-refractivity contribution >= 4 is 0 Å². The third-order valence-electron chi connectivity index (χ3n) is 5.05. The molecule has 0 saturated carbocycles. The van der Waals surface area contributed by atoms with Crippen LogP contribution in [0.15, 0.2) is 0 Å². The van der Waals surface area contributed by atoms with Crippen molar-refractivity contribution in [1.82, 2.24) is 10.2 Å². The van der Waals surface area contributed by atoms with Crippen LogP contribution in [-0.2, 0) is 0 Å². The van der Waals surface area contributed by atoms with Crippen molar-refractivity contribution < 1.29 is 0 Å². The average Bonchev–Trinajstić information content (AvgIpc) is 2.72. The molecular weight excluding hydrogens is 258 g/mol. The molecule has 0 spiro atoms. The van der Waals surface area contributed by atoms with Crippen molar-refractivity contribution in [2.75, 3.05) is 26.2 Å². The van der Waals surface area contributed by atoms with E-state index in [1.807, 2.05) is 0 Å². The Morgan fingerprint density at radius 2 is 2.05 bits per heavy atom. The van der Waals surface area contributed by atoms with Gasteiger partial charge in [-0.2, -0.15) is 5.26 Å². The van der Waals surface area contributed by atoms with Crippen molar-refractivity contribution in [2.45, 2.75) is 77.7 Å². The fourth-order valence-corrected chi connectivity index (χ4v) is 3.65. The minimum absolute atomic E-state index is 0.300. The van der Waals surface area contributed by atoms with E-state index < -0.39 is 0 Å². The van der Waals surface area contributed by atoms with E-state index in [4.69, 9.17) is 0 Å². The molecule has 1 aliphatic heterocycles. The second kappa shape index (κ2) is 10.2. The topological polar surface area (TPSA) is 39.1 Å². The smallest absolute Gasteiger partial charge is 0.106 e. The van der Waals surface area contributed by atoms with Crippen LogP contribution in [0.3, 0.4) is 0 Å². The quantitative estimate of drug-likeness (QED) is 0.699. The molecule has 0 aromatic carbocycles. The van der Waals surface area contributed by atoms with Crippen LogP contribution in [0, 0.1) is 17.2 Å². The van der Waals surface area contributed by atoms with Crippen molar-refractivity contribution in [3.05, 3.63) is 0 Å². The molecule has 0 amide bonds. The van der Waals surface area contributed by atoms with Gasteiger partial charge in [-0.25, -0.2) is 0 Å². The van der Waals surface area contributed by atoms with Crippen molar-refractivity contribution in [2.24, 2.45) is 5.92 Å². The van der Waals surface area contributed by atoms with Gasteiger partial charge in [-0.15, -0.1) is 0 Å². The van der Waals surface area contributed by atoms with Crippen LogP contribution in [-0.4, -0.2) is 36.6 Å². The van der Waals surface area contributed by atoms with Gasteiger partial charge in [0.25, 0.3) is 0 Å². The standard InChI is InChI=1S/C18H35N3/c1-4-9-17-10-7-13-21(15-11-17)14-8-12-18(5-2,16-19)20-6-3/h17,20H,4-15H2,1-3H3. The maximum Gasteiger partial charge on any atom is 0.106 e. The molecule has 1 heterocycles. The molecule has 1 saturated heterocycles. The Balaban J connectivity index is 2.33. The second-order valence-electron chi connectivity index (χ2n) is 6.61. The van der Waals surface area contributed by atoms with Crippen LogP contribution in [0.2, 0.25) is 0 Å². The molecule has 1 fully saturated rings. The van der Waals surface area contributed by atoms with Gasteiger partial charge in [-0.3, -0.25) is 5.32 Å². The van der Waals surface area contributed by atoms with Gasteiger partial charge in [0, 0.05) is 0 Å². The lowest BCUT2D eigenvalue weighted by Crippen LogP contribution is -2.43. The van der Waals surface area contributed by atoms with Gasteiger partial charge in [0.05, 0.1) is 6.07 Å². The summed E-state index contributed by atoms with van der Waals surface area (Å²) in [6.45, 7) is 11.1. The molecular formula is C18H35N3. The number of rotatable bonds is 9. The Morgan fingerprint density at radius 3 is 2.67 bits per heavy atom. The summed E-state index contributed by atoms with van der Waals surface area (Å²) >= 11 is 0. The minimum atomic E-state index is -0.300. The van der Waals surface area contributed by atoms with E-state index in [2.05, 4.69) is 37.1 Å². The molecule has 0 bridgehead atoms. The lowest BCUT2D eigenvalue weighted by molar-refractivity contribution is 0.257. The summed E-state index contributed by atoms with van der Waals surface area (Å²) in [6, 6.07) is 2.51. The van der Waals surface area contributed by atoms with Crippen LogP contribution < -0.4 is 5.32 Å². The highest BCUT2D eigenvalue weighted by Crippen LogP contribution is 2.23. The van der Waals surface area contributed by atoms with Gasteiger partial charge >= 0.3 is 0 Å². The predicted molar refractivity (Wildman–Crippen MR) is 90.2 cm³/mol. The van der Waals surface area contributed by atoms with Gasteiger partial charge in [0.15, 0.2) is 0 Å². The Labute approximate surface area is 132 Å². The van der Waals surface area contributed by atoms with Crippen molar-refractivity contribution in [3.8, 4) is 6.07 Å². The summed E-state index contributed by atoms with van der Waals surface area (Å²) in [5, 5.41) is 12.8. The minimum Gasteiger partial charge on any atom is -0.303 e. The first-order valence-electron chi connectivity index (χ1n) is 9.08. The Morgan fingerprint density at radius 1 is 1.24 bits per heavy atom. The number of hydrogen-bond donors (Lipinski definition) is 1. The van der Waals surface area contributed by atoms with E-state index in [-0.39, 0.29) is 5.54 Å². The summed E-state index contributed by atoms with van der Waals surface area (Å²) in [4.78, 5) is 2.62. The zero-order valence-corrected chi connectivity index (χ0v) is 14.5. The van der Waals surface area contributed by atoms with E-state index in [0.29, 0.717) is 0 Å². The molecule has 21 heavy (non-hydrogen) atoms. The number of nitriles is 1. The highest BCUT2D eigenvalue weighted by molar-refractivity contribution is 5.06. The maximum absolute atomic E-state index is 9.46. The SMILES string of the molecule is CCCC1CCCN(CCCC(C#N)(CC)NCC)CC1. The highest BCUT2D eigenvalue weighted by Gasteiger charge is 2.26. The van der Waals surface area contributed by atoms with E-state index in [1.165, 1.54) is 45.2 Å². The first kappa shape index (κ1) is 18.5. The average molecular weight is 293 g/mol. The molecule has 1 N–H and O–H groups in total. The third kappa shape index (κ3) is 6.36. The lowest BCUT2D eigenvalue weighted by Gasteiger charge is -2.28. The Bertz CT molecular complexity index is 310. The van der Waals surface area contributed by atoms with Gasteiger partial charge < -0.3 is 4.90 Å². The molecule has 3 nitrogen and oxygen atoms in total. The van der Waals surface area contributed by atoms with Crippen LogP contribution in [0.4, 0.5) is 0 Å². The Hall–Kier alpha value is -0.590. The molecule has 2 atom stereocenters. The molecule has 2 unspecified atom stereocenters. The fourth-order valence-electron chi connectivity index (χ4n) is 3.65. The van der Waals surface area contributed by atoms with Crippen LogP contribution in [0.1, 0.15) is 72.1 Å². The zero-order chi connectivity index (χ0) is 15.6. The highest BCUT2D eigenvalue weighted by atomic mass is 15.1. The first-order valence-corrected chi connectivity index (χ1v) is 9.08. The molecule has 122 valence electrons. The monoisotopic (exact) mass is 293 g/mol. The lowest BCUT2D eigenvalue weighted by atomic mass is 9.92. The maximum atomic E-state index is 9.46. The van der Waals surface area contributed by atoms with Crippen LogP contribution in [0.25, 0.3) is 0 Å². The molecule has 1 rings (SSSR count). The predicted octanol–water partition coefficient (Wildman–Crippen LogP) is 3.95. The van der Waals surface area contributed by atoms with Crippen molar-refractivity contribution in [3.63, 3.8) is 0 Å². The molecule has 0 aliphatic carbocycles. The molecule has 1 aliphatic rings. The fraction of sp³-hybridized carbons (Fsp3) is 0.944. The number of nitrogens with one attached hydrogen (secondary N) is 1. The van der Waals surface area contributed by atoms with Crippen LogP contribution in [0.5, 0.6) is 0 Å². The summed E-state index contributed by atoms with van der Waals surface area (Å²) in [6.07, 6.45) is 9.88. The molecule has 3 heteroatoms. The number of likely N-dealkylation sites (tertiary alicyclic amines) is 1. The second-order valence-corrected chi connectivity index (χ2v) is 6.61. The number of nitrogens with zero attached hydrogens (tertiary/aromatic N) is 2. The van der Waals surface area contributed by atoms with E-state index >= 15 is 0 Å². The molecule has 0 radical (unpaired) electrons. The van der Waals surface area contributed by atoms with Gasteiger partial charge in [-0.1, -0.05) is 33.6 Å². The van der Waals surface area contributed by atoms with Gasteiger partial charge in [0.2, 0.25) is 0 Å². The summed E-state index contributed by atoms with van der Waals surface area (Å²) in [5.41, 5.74) is -0.300. The van der Waals surface area contributed by atoms with Gasteiger partial charge in [-0.05, 0) is 70.6 Å². The summed E-state index contributed by atoms with van der Waals surface area (Å²) < 4.78 is 0. The van der Waals surface area contributed by atoms with Crippen molar-refractivity contribution in [1.29, 1.82) is 5.26 Å². The summed E-state index contributed by atoms with van der Waals surface area (Å²) in [7, 11) is 0. The summed E-state index contributed by atoms with van der Waals surface area (Å²) in [5.74, 6) is 0.954. The first-order chi connectivity index (χ1) is 10.2. The van der Waals surface area contributed by atoms with E-state index in [0.717, 1.165) is 38.3 Å². The number of hydrogen-bond acceptors (Lipinski definition) is 3. The Kier molecular flexibility index (Phi) is 8.96. The normalized spacial score (nSPS) is 23.2. The largest absolute Gasteiger partial charge is 0.303 e. The molecule has 0 aromatic rings. The van der Waals surface area contributed by atoms with E-state index in [1.54, 1.807) is 0 Å². The van der Waals surface area contributed by atoms with Gasteiger partial charge in [0.1, 0.15) is 5.54 Å². The third-order valence-corrected chi connectivity index (χ3v) is 5.05. The van der Waals surface area contributed by atoms with E-state index in [9.17, 15) is 5.26 Å². The molecule has 0 aromatic heterocycles. The zero-order valence-electron chi connectivity index (χ0n) is 14.5. The van der Waals surface area contributed by atoms with Crippen LogP contribution >= 0.6 is 0 Å².